The highest BCUT2D eigenvalue weighted by atomic mass is 35.5. The first-order chi connectivity index (χ1) is 8.99. The van der Waals surface area contributed by atoms with Gasteiger partial charge in [-0.1, -0.05) is 6.07 Å². The molecule has 0 spiro atoms. The Kier molecular flexibility index (Phi) is 3.85. The van der Waals surface area contributed by atoms with Crippen molar-refractivity contribution >= 4 is 17.5 Å². The summed E-state index contributed by atoms with van der Waals surface area (Å²) in [5.41, 5.74) is -0.0814. The zero-order valence-corrected chi connectivity index (χ0v) is 10.3. The average Bonchev–Trinajstić information content (AvgIpc) is 2.39. The van der Waals surface area contributed by atoms with Crippen LogP contribution in [0.4, 0.5) is 18.9 Å². The smallest absolute Gasteiger partial charge is 0.416 e. The van der Waals surface area contributed by atoms with Crippen LogP contribution in [0.25, 0.3) is 0 Å². The second-order valence-electron chi connectivity index (χ2n) is 3.75. The largest absolute Gasteiger partial charge is 0.457 e. The maximum absolute atomic E-state index is 12.5. The summed E-state index contributed by atoms with van der Waals surface area (Å²) >= 11 is 5.39. The van der Waals surface area contributed by atoms with Crippen LogP contribution in [0, 0.1) is 0 Å². The minimum absolute atomic E-state index is 0.126. The van der Waals surface area contributed by atoms with Crippen molar-refractivity contribution in [2.75, 3.05) is 4.84 Å². The lowest BCUT2D eigenvalue weighted by atomic mass is 10.2. The summed E-state index contributed by atoms with van der Waals surface area (Å²) in [5.74, 6) is 0.552. The number of benzene rings is 2. The number of hydrogen-bond donors (Lipinski definition) is 1. The van der Waals surface area contributed by atoms with Gasteiger partial charge < -0.3 is 4.74 Å². The first kappa shape index (κ1) is 13.5. The van der Waals surface area contributed by atoms with Gasteiger partial charge in [0, 0.05) is 17.5 Å². The maximum atomic E-state index is 12.5. The van der Waals surface area contributed by atoms with Crippen LogP contribution >= 0.6 is 11.8 Å². The van der Waals surface area contributed by atoms with Crippen LogP contribution in [0.2, 0.25) is 0 Å². The molecule has 0 aliphatic carbocycles. The van der Waals surface area contributed by atoms with E-state index in [1.807, 2.05) is 0 Å². The number of anilines is 1. The molecule has 0 aliphatic heterocycles. The molecule has 0 fully saturated rings. The van der Waals surface area contributed by atoms with Gasteiger partial charge in [0.05, 0.1) is 5.56 Å². The summed E-state index contributed by atoms with van der Waals surface area (Å²) in [6.07, 6.45) is -4.38. The molecule has 0 bridgehead atoms. The van der Waals surface area contributed by atoms with E-state index in [1.54, 1.807) is 24.3 Å². The van der Waals surface area contributed by atoms with Gasteiger partial charge in [-0.3, -0.25) is 4.84 Å². The van der Waals surface area contributed by atoms with Crippen LogP contribution in [-0.4, -0.2) is 0 Å². The molecule has 0 atom stereocenters. The zero-order chi connectivity index (χ0) is 13.9. The fraction of sp³-hybridized carbons (Fsp3) is 0.0769. The Hall–Kier alpha value is -1.88. The second kappa shape index (κ2) is 5.40. The highest BCUT2D eigenvalue weighted by molar-refractivity contribution is 6.23. The number of hydrogen-bond acceptors (Lipinski definition) is 2. The van der Waals surface area contributed by atoms with Crippen molar-refractivity contribution in [3.05, 3.63) is 54.1 Å². The normalized spacial score (nSPS) is 11.2. The van der Waals surface area contributed by atoms with Crippen LogP contribution in [-0.2, 0) is 6.18 Å². The van der Waals surface area contributed by atoms with E-state index in [2.05, 4.69) is 4.84 Å². The first-order valence-electron chi connectivity index (χ1n) is 5.31. The molecule has 0 aliphatic rings. The van der Waals surface area contributed by atoms with Gasteiger partial charge in [0.1, 0.15) is 11.5 Å². The third-order valence-corrected chi connectivity index (χ3v) is 2.58. The average molecular weight is 288 g/mol. The van der Waals surface area contributed by atoms with Gasteiger partial charge in [-0.05, 0) is 42.5 Å². The van der Waals surface area contributed by atoms with E-state index in [0.29, 0.717) is 11.4 Å². The number of nitrogens with one attached hydrogen (secondary N) is 1. The third kappa shape index (κ3) is 3.54. The van der Waals surface area contributed by atoms with Crippen molar-refractivity contribution < 1.29 is 17.9 Å². The van der Waals surface area contributed by atoms with Gasteiger partial charge in [-0.25, -0.2) is 0 Å². The predicted octanol–water partition coefficient (Wildman–Crippen LogP) is 5.06. The molecule has 100 valence electrons. The van der Waals surface area contributed by atoms with Crippen LogP contribution < -0.4 is 9.57 Å². The van der Waals surface area contributed by atoms with E-state index in [9.17, 15) is 13.2 Å². The number of rotatable bonds is 3. The summed E-state index contributed by atoms with van der Waals surface area (Å²) in [6, 6.07) is 11.2. The quantitative estimate of drug-likeness (QED) is 0.796. The second-order valence-corrected chi connectivity index (χ2v) is 3.94. The lowest BCUT2D eigenvalue weighted by Gasteiger charge is -2.10. The van der Waals surface area contributed by atoms with E-state index in [4.69, 9.17) is 16.5 Å². The molecule has 2 rings (SSSR count). The molecule has 0 aromatic heterocycles. The molecule has 2 aromatic carbocycles. The SMILES string of the molecule is FC(F)(F)c1cccc(Oc2ccc(NCl)cc2)c1. The molecule has 6 heteroatoms. The third-order valence-electron chi connectivity index (χ3n) is 2.36. The van der Waals surface area contributed by atoms with Crippen molar-refractivity contribution in [3.63, 3.8) is 0 Å². The molecule has 2 nitrogen and oxygen atoms in total. The van der Waals surface area contributed by atoms with Crippen molar-refractivity contribution in [1.29, 1.82) is 0 Å². The van der Waals surface area contributed by atoms with Gasteiger partial charge in [0.15, 0.2) is 0 Å². The molecule has 0 radical (unpaired) electrons. The number of alkyl halides is 3. The van der Waals surface area contributed by atoms with E-state index >= 15 is 0 Å². The van der Waals surface area contributed by atoms with Crippen LogP contribution in [0.15, 0.2) is 48.5 Å². The summed E-state index contributed by atoms with van der Waals surface area (Å²) in [4.78, 5) is 2.41. The molecule has 1 N–H and O–H groups in total. The lowest BCUT2D eigenvalue weighted by molar-refractivity contribution is -0.137. The Morgan fingerprint density at radius 1 is 0.947 bits per heavy atom. The van der Waals surface area contributed by atoms with E-state index in [0.717, 1.165) is 12.1 Å². The van der Waals surface area contributed by atoms with E-state index < -0.39 is 11.7 Å². The molecule has 0 amide bonds. The first-order valence-corrected chi connectivity index (χ1v) is 5.68. The maximum Gasteiger partial charge on any atom is 0.416 e. The number of ether oxygens (including phenoxy) is 1. The van der Waals surface area contributed by atoms with Crippen LogP contribution in [0.1, 0.15) is 5.56 Å². The molecule has 0 heterocycles. The molecule has 2 aromatic rings. The minimum Gasteiger partial charge on any atom is -0.457 e. The van der Waals surface area contributed by atoms with Crippen LogP contribution in [0.3, 0.4) is 0 Å². The molecule has 19 heavy (non-hydrogen) atoms. The highest BCUT2D eigenvalue weighted by Gasteiger charge is 2.30. The minimum atomic E-state index is -4.38. The van der Waals surface area contributed by atoms with E-state index in [1.165, 1.54) is 12.1 Å². The number of halogens is 4. The summed E-state index contributed by atoms with van der Waals surface area (Å²) in [6.45, 7) is 0. The van der Waals surface area contributed by atoms with Crippen molar-refractivity contribution in [2.24, 2.45) is 0 Å². The molecule has 0 unspecified atom stereocenters. The van der Waals surface area contributed by atoms with Gasteiger partial charge in [0.2, 0.25) is 0 Å². The van der Waals surface area contributed by atoms with Crippen molar-refractivity contribution in [2.45, 2.75) is 6.18 Å². The fourth-order valence-corrected chi connectivity index (χ4v) is 1.58. The molecule has 0 saturated heterocycles. The highest BCUT2D eigenvalue weighted by Crippen LogP contribution is 2.32. The Labute approximate surface area is 112 Å². The van der Waals surface area contributed by atoms with Crippen molar-refractivity contribution in [3.8, 4) is 11.5 Å². The molecular weight excluding hydrogens is 279 g/mol. The Morgan fingerprint density at radius 2 is 1.63 bits per heavy atom. The molecular formula is C13H9ClF3NO. The Bertz CT molecular complexity index is 555. The fourth-order valence-electron chi connectivity index (χ4n) is 1.46. The lowest BCUT2D eigenvalue weighted by Crippen LogP contribution is -2.04. The standard InChI is InChI=1S/C13H9ClF3NO/c14-18-10-4-6-11(7-5-10)19-12-3-1-2-9(8-12)13(15,16)17/h1-8,18H. The Morgan fingerprint density at radius 3 is 2.21 bits per heavy atom. The van der Waals surface area contributed by atoms with Gasteiger partial charge in [-0.15, -0.1) is 0 Å². The topological polar surface area (TPSA) is 21.3 Å². The van der Waals surface area contributed by atoms with E-state index in [-0.39, 0.29) is 5.75 Å². The summed E-state index contributed by atoms with van der Waals surface area (Å²) in [7, 11) is 0. The summed E-state index contributed by atoms with van der Waals surface area (Å²) < 4.78 is 42.9. The summed E-state index contributed by atoms with van der Waals surface area (Å²) in [5, 5.41) is 0. The Balaban J connectivity index is 2.18. The monoisotopic (exact) mass is 287 g/mol. The van der Waals surface area contributed by atoms with Gasteiger partial charge in [0.25, 0.3) is 0 Å². The van der Waals surface area contributed by atoms with Gasteiger partial charge >= 0.3 is 6.18 Å². The van der Waals surface area contributed by atoms with Crippen molar-refractivity contribution in [1.82, 2.24) is 0 Å². The molecule has 0 saturated carbocycles. The van der Waals surface area contributed by atoms with Crippen LogP contribution in [0.5, 0.6) is 11.5 Å². The van der Waals surface area contributed by atoms with Gasteiger partial charge in [-0.2, -0.15) is 13.2 Å². The predicted molar refractivity (Wildman–Crippen MR) is 67.4 cm³/mol. The zero-order valence-electron chi connectivity index (χ0n) is 9.54.